The molecule has 1 aromatic heterocycles. The fourth-order valence-electron chi connectivity index (χ4n) is 6.76. The lowest BCUT2D eigenvalue weighted by molar-refractivity contribution is -0.0260. The Morgan fingerprint density at radius 1 is 0.750 bits per heavy atom. The Hall–Kier alpha value is -1.76. The number of aryl methyl sites for hydroxylation is 1. The minimum absolute atomic E-state index is 0.739. The third-order valence-electron chi connectivity index (χ3n) is 7.34. The van der Waals surface area contributed by atoms with Crippen LogP contribution >= 0.6 is 0 Å². The summed E-state index contributed by atoms with van der Waals surface area (Å²) in [6.07, 6.45) is 7.47. The SMILES string of the molecule is Cc1ccc2c(c1)c1ccccc1n2C1C2CC3CC(C2)CC1C3. The van der Waals surface area contributed by atoms with Crippen LogP contribution in [0.2, 0.25) is 0 Å². The molecule has 1 nitrogen and oxygen atoms in total. The molecule has 7 rings (SSSR count). The van der Waals surface area contributed by atoms with Gasteiger partial charge in [0.25, 0.3) is 0 Å². The zero-order chi connectivity index (χ0) is 15.8. The van der Waals surface area contributed by atoms with Gasteiger partial charge in [-0.2, -0.15) is 0 Å². The topological polar surface area (TPSA) is 4.93 Å². The third-order valence-corrected chi connectivity index (χ3v) is 7.34. The zero-order valence-corrected chi connectivity index (χ0v) is 14.4. The molecule has 4 saturated carbocycles. The molecule has 0 radical (unpaired) electrons. The third kappa shape index (κ3) is 1.71. The summed E-state index contributed by atoms with van der Waals surface area (Å²) >= 11 is 0. The van der Waals surface area contributed by atoms with Gasteiger partial charge in [-0.15, -0.1) is 0 Å². The van der Waals surface area contributed by atoms with E-state index in [1.165, 1.54) is 59.5 Å². The van der Waals surface area contributed by atoms with Crippen LogP contribution in [-0.4, -0.2) is 4.57 Å². The van der Waals surface area contributed by atoms with Gasteiger partial charge < -0.3 is 4.57 Å². The molecule has 24 heavy (non-hydrogen) atoms. The first-order valence-corrected chi connectivity index (χ1v) is 9.77. The maximum Gasteiger partial charge on any atom is 0.0494 e. The van der Waals surface area contributed by atoms with Crippen molar-refractivity contribution in [2.24, 2.45) is 23.7 Å². The van der Waals surface area contributed by atoms with E-state index in [-0.39, 0.29) is 0 Å². The monoisotopic (exact) mass is 315 g/mol. The predicted molar refractivity (Wildman–Crippen MR) is 100 cm³/mol. The summed E-state index contributed by atoms with van der Waals surface area (Å²) in [6.45, 7) is 2.22. The standard InChI is InChI=1S/C23H25N/c1-14-6-7-22-20(8-14)19-4-2-3-5-21(19)24(22)23-17-10-15-9-16(12-17)13-18(23)11-15/h2-8,15-18,23H,9-13H2,1H3. The molecular weight excluding hydrogens is 290 g/mol. The molecule has 0 N–H and O–H groups in total. The van der Waals surface area contributed by atoms with E-state index in [9.17, 15) is 0 Å². The molecular formula is C23H25N. The van der Waals surface area contributed by atoms with Crippen molar-refractivity contribution < 1.29 is 0 Å². The van der Waals surface area contributed by atoms with Gasteiger partial charge in [0.15, 0.2) is 0 Å². The molecule has 0 saturated heterocycles. The molecule has 1 heterocycles. The Kier molecular flexibility index (Phi) is 2.62. The van der Waals surface area contributed by atoms with Gasteiger partial charge in [0.05, 0.1) is 0 Å². The Balaban J connectivity index is 1.63. The van der Waals surface area contributed by atoms with Gasteiger partial charge in [0.2, 0.25) is 0 Å². The van der Waals surface area contributed by atoms with Crippen LogP contribution in [0.3, 0.4) is 0 Å². The normalized spacial score (nSPS) is 34.5. The lowest BCUT2D eigenvalue weighted by Crippen LogP contribution is -2.45. The number of benzene rings is 2. The Labute approximate surface area is 143 Å². The van der Waals surface area contributed by atoms with Crippen molar-refractivity contribution in [3.8, 4) is 0 Å². The Bertz CT molecular complexity index is 919. The molecule has 0 aliphatic heterocycles. The van der Waals surface area contributed by atoms with E-state index < -0.39 is 0 Å². The maximum atomic E-state index is 2.76. The first-order chi connectivity index (χ1) is 11.8. The van der Waals surface area contributed by atoms with Gasteiger partial charge in [0, 0.05) is 27.8 Å². The first kappa shape index (κ1) is 13.5. The maximum absolute atomic E-state index is 2.76. The van der Waals surface area contributed by atoms with E-state index in [4.69, 9.17) is 0 Å². The highest BCUT2D eigenvalue weighted by atomic mass is 15.0. The molecule has 1 heteroatoms. The van der Waals surface area contributed by atoms with Gasteiger partial charge in [-0.1, -0.05) is 29.8 Å². The summed E-state index contributed by atoms with van der Waals surface area (Å²) in [7, 11) is 0. The van der Waals surface area contributed by atoms with Crippen molar-refractivity contribution in [3.63, 3.8) is 0 Å². The van der Waals surface area contributed by atoms with Crippen LogP contribution in [0, 0.1) is 30.6 Å². The van der Waals surface area contributed by atoms with Gasteiger partial charge in [0.1, 0.15) is 0 Å². The summed E-state index contributed by atoms with van der Waals surface area (Å²) < 4.78 is 2.76. The van der Waals surface area contributed by atoms with Gasteiger partial charge in [-0.05, 0) is 80.9 Å². The molecule has 0 unspecified atom stereocenters. The molecule has 4 aliphatic rings. The molecule has 4 bridgehead atoms. The van der Waals surface area contributed by atoms with E-state index in [2.05, 4.69) is 54.0 Å². The molecule has 0 amide bonds. The highest BCUT2D eigenvalue weighted by Crippen LogP contribution is 2.59. The quantitative estimate of drug-likeness (QED) is 0.511. The van der Waals surface area contributed by atoms with Gasteiger partial charge in [-0.25, -0.2) is 0 Å². The second kappa shape index (κ2) is 4.65. The fourth-order valence-corrected chi connectivity index (χ4v) is 6.76. The van der Waals surface area contributed by atoms with Crippen LogP contribution in [0.25, 0.3) is 21.8 Å². The van der Waals surface area contributed by atoms with Crippen LogP contribution in [0.1, 0.15) is 43.7 Å². The number of aromatic nitrogens is 1. The average Bonchev–Trinajstić information content (AvgIpc) is 2.88. The number of nitrogens with zero attached hydrogens (tertiary/aromatic N) is 1. The molecule has 4 fully saturated rings. The van der Waals surface area contributed by atoms with Crippen LogP contribution in [0.15, 0.2) is 42.5 Å². The highest BCUT2D eigenvalue weighted by molar-refractivity contribution is 6.08. The molecule has 0 atom stereocenters. The van der Waals surface area contributed by atoms with Crippen molar-refractivity contribution in [3.05, 3.63) is 48.0 Å². The molecule has 0 spiro atoms. The van der Waals surface area contributed by atoms with Gasteiger partial charge in [-0.3, -0.25) is 0 Å². The van der Waals surface area contributed by atoms with Crippen molar-refractivity contribution in [1.82, 2.24) is 4.57 Å². The summed E-state index contributed by atoms with van der Waals surface area (Å²) in [6, 6.07) is 16.9. The largest absolute Gasteiger partial charge is 0.337 e. The summed E-state index contributed by atoms with van der Waals surface area (Å²) in [4.78, 5) is 0. The second-order valence-electron chi connectivity index (χ2n) is 8.83. The van der Waals surface area contributed by atoms with E-state index in [1.54, 1.807) is 0 Å². The zero-order valence-electron chi connectivity index (χ0n) is 14.4. The Morgan fingerprint density at radius 3 is 2.17 bits per heavy atom. The van der Waals surface area contributed by atoms with E-state index >= 15 is 0 Å². The number of hydrogen-bond donors (Lipinski definition) is 0. The summed E-state index contributed by atoms with van der Waals surface area (Å²) in [5, 5.41) is 2.91. The second-order valence-corrected chi connectivity index (χ2v) is 8.83. The number of para-hydroxylation sites is 1. The number of hydrogen-bond acceptors (Lipinski definition) is 0. The van der Waals surface area contributed by atoms with Crippen molar-refractivity contribution in [2.75, 3.05) is 0 Å². The predicted octanol–water partition coefficient (Wildman–Crippen LogP) is 6.10. The van der Waals surface area contributed by atoms with E-state index in [0.29, 0.717) is 0 Å². The lowest BCUT2D eigenvalue weighted by Gasteiger charge is -2.55. The minimum atomic E-state index is 0.739. The average molecular weight is 315 g/mol. The summed E-state index contributed by atoms with van der Waals surface area (Å²) in [5.41, 5.74) is 4.31. The highest BCUT2D eigenvalue weighted by Gasteiger charge is 2.49. The lowest BCUT2D eigenvalue weighted by atomic mass is 9.54. The van der Waals surface area contributed by atoms with Crippen molar-refractivity contribution in [1.29, 1.82) is 0 Å². The van der Waals surface area contributed by atoms with Gasteiger partial charge >= 0.3 is 0 Å². The number of fused-ring (bicyclic) bond motifs is 3. The minimum Gasteiger partial charge on any atom is -0.337 e. The van der Waals surface area contributed by atoms with E-state index in [0.717, 1.165) is 29.7 Å². The van der Waals surface area contributed by atoms with Crippen molar-refractivity contribution >= 4 is 21.8 Å². The first-order valence-electron chi connectivity index (χ1n) is 9.77. The molecule has 3 aromatic rings. The van der Waals surface area contributed by atoms with Crippen molar-refractivity contribution in [2.45, 2.75) is 45.1 Å². The van der Waals surface area contributed by atoms with Crippen LogP contribution in [0.4, 0.5) is 0 Å². The number of rotatable bonds is 1. The molecule has 4 aliphatic carbocycles. The van der Waals surface area contributed by atoms with E-state index in [1.807, 2.05) is 0 Å². The molecule has 122 valence electrons. The van der Waals surface area contributed by atoms with Crippen LogP contribution in [-0.2, 0) is 0 Å². The summed E-state index contributed by atoms with van der Waals surface area (Å²) in [5.74, 6) is 3.92. The van der Waals surface area contributed by atoms with Crippen LogP contribution in [0.5, 0.6) is 0 Å². The molecule has 2 aromatic carbocycles. The smallest absolute Gasteiger partial charge is 0.0494 e. The van der Waals surface area contributed by atoms with Crippen LogP contribution < -0.4 is 0 Å². The Morgan fingerprint density at radius 2 is 1.42 bits per heavy atom. The fraction of sp³-hybridized carbons (Fsp3) is 0.478.